The molecule has 0 spiro atoms. The molecule has 0 bridgehead atoms. The van der Waals surface area contributed by atoms with Crippen LogP contribution < -0.4 is 4.74 Å². The molecule has 2 aliphatic rings. The standard InChI is InChI=1S/C20H27F3O3/c1-13-2-4-14(5-3-13)6-7-15-11-24-19(25-12-15)16-8-9-18(17(21)10-16)26-20(22)23/h8-10,13-15,19-20H,2-7,11-12H2,1H3. The number of hydrogen-bond acceptors (Lipinski definition) is 3. The van der Waals surface area contributed by atoms with Gasteiger partial charge in [-0.3, -0.25) is 0 Å². The third-order valence-corrected chi connectivity index (χ3v) is 5.53. The molecule has 0 aromatic heterocycles. The molecule has 1 aromatic carbocycles. The van der Waals surface area contributed by atoms with E-state index in [1.54, 1.807) is 0 Å². The van der Waals surface area contributed by atoms with Crippen molar-refractivity contribution in [2.45, 2.75) is 58.4 Å². The Balaban J connectivity index is 1.44. The summed E-state index contributed by atoms with van der Waals surface area (Å²) in [6, 6.07) is 3.81. The second kappa shape index (κ2) is 9.09. The van der Waals surface area contributed by atoms with Gasteiger partial charge in [0, 0.05) is 11.5 Å². The molecular weight excluding hydrogens is 345 g/mol. The third kappa shape index (κ3) is 5.36. The summed E-state index contributed by atoms with van der Waals surface area (Å²) in [7, 11) is 0. The number of benzene rings is 1. The molecule has 146 valence electrons. The zero-order valence-electron chi connectivity index (χ0n) is 15.1. The van der Waals surface area contributed by atoms with Crippen LogP contribution >= 0.6 is 0 Å². The van der Waals surface area contributed by atoms with Gasteiger partial charge >= 0.3 is 6.61 Å². The van der Waals surface area contributed by atoms with Gasteiger partial charge in [-0.05, 0) is 30.4 Å². The summed E-state index contributed by atoms with van der Waals surface area (Å²) in [4.78, 5) is 0. The molecule has 2 fully saturated rings. The van der Waals surface area contributed by atoms with Crippen LogP contribution in [0.15, 0.2) is 18.2 Å². The van der Waals surface area contributed by atoms with Crippen LogP contribution in [0.2, 0.25) is 0 Å². The van der Waals surface area contributed by atoms with Gasteiger partial charge in [-0.1, -0.05) is 45.1 Å². The Bertz CT molecular complexity index is 565. The van der Waals surface area contributed by atoms with E-state index in [1.807, 2.05) is 0 Å². The summed E-state index contributed by atoms with van der Waals surface area (Å²) < 4.78 is 53.8. The largest absolute Gasteiger partial charge is 0.432 e. The zero-order chi connectivity index (χ0) is 18.5. The summed E-state index contributed by atoms with van der Waals surface area (Å²) in [5, 5.41) is 0. The highest BCUT2D eigenvalue weighted by Crippen LogP contribution is 2.34. The highest BCUT2D eigenvalue weighted by Gasteiger charge is 2.26. The Labute approximate surface area is 152 Å². The lowest BCUT2D eigenvalue weighted by atomic mass is 9.80. The Hall–Kier alpha value is -1.27. The molecule has 1 saturated heterocycles. The lowest BCUT2D eigenvalue weighted by Crippen LogP contribution is -2.28. The maximum Gasteiger partial charge on any atom is 0.387 e. The predicted molar refractivity (Wildman–Crippen MR) is 91.5 cm³/mol. The second-order valence-electron chi connectivity index (χ2n) is 7.64. The average molecular weight is 372 g/mol. The normalized spacial score (nSPS) is 29.7. The van der Waals surface area contributed by atoms with Gasteiger partial charge in [-0.15, -0.1) is 0 Å². The highest BCUT2D eigenvalue weighted by molar-refractivity contribution is 5.30. The molecule has 3 rings (SSSR count). The first kappa shape index (κ1) is 19.5. The average Bonchev–Trinajstić information content (AvgIpc) is 2.63. The van der Waals surface area contributed by atoms with Gasteiger partial charge in [0.1, 0.15) is 0 Å². The summed E-state index contributed by atoms with van der Waals surface area (Å²) in [6.45, 7) is 0.425. The fourth-order valence-electron chi connectivity index (χ4n) is 3.85. The zero-order valence-corrected chi connectivity index (χ0v) is 15.1. The number of rotatable bonds is 6. The van der Waals surface area contributed by atoms with Gasteiger partial charge in [0.15, 0.2) is 17.9 Å². The summed E-state index contributed by atoms with van der Waals surface area (Å²) in [5.74, 6) is 0.728. The SMILES string of the molecule is CC1CCC(CCC2COC(c3ccc(OC(F)F)c(F)c3)OC2)CC1. The van der Waals surface area contributed by atoms with E-state index in [9.17, 15) is 13.2 Å². The molecule has 1 saturated carbocycles. The number of halogens is 3. The van der Waals surface area contributed by atoms with Crippen LogP contribution in [0.3, 0.4) is 0 Å². The van der Waals surface area contributed by atoms with Gasteiger partial charge in [0.2, 0.25) is 0 Å². The molecule has 0 unspecified atom stereocenters. The molecular formula is C20H27F3O3. The van der Waals surface area contributed by atoms with Crippen LogP contribution in [0.1, 0.15) is 57.3 Å². The van der Waals surface area contributed by atoms with Crippen molar-refractivity contribution in [1.82, 2.24) is 0 Å². The first-order chi connectivity index (χ1) is 12.5. The van der Waals surface area contributed by atoms with E-state index in [4.69, 9.17) is 9.47 Å². The van der Waals surface area contributed by atoms with Crippen LogP contribution in [0.5, 0.6) is 5.75 Å². The van der Waals surface area contributed by atoms with E-state index in [-0.39, 0.29) is 0 Å². The minimum atomic E-state index is -3.05. The highest BCUT2D eigenvalue weighted by atomic mass is 19.3. The molecule has 1 heterocycles. The molecule has 3 nitrogen and oxygen atoms in total. The molecule has 1 aliphatic heterocycles. The predicted octanol–water partition coefficient (Wildman–Crippen LogP) is 5.70. The van der Waals surface area contributed by atoms with E-state index in [0.717, 1.165) is 24.3 Å². The summed E-state index contributed by atoms with van der Waals surface area (Å²) >= 11 is 0. The quantitative estimate of drug-likeness (QED) is 0.641. The van der Waals surface area contributed by atoms with Crippen molar-refractivity contribution in [2.75, 3.05) is 13.2 Å². The second-order valence-corrected chi connectivity index (χ2v) is 7.64. The fourth-order valence-corrected chi connectivity index (χ4v) is 3.85. The third-order valence-electron chi connectivity index (χ3n) is 5.53. The monoisotopic (exact) mass is 372 g/mol. The van der Waals surface area contributed by atoms with Crippen molar-refractivity contribution >= 4 is 0 Å². The molecule has 1 aromatic rings. The molecule has 0 N–H and O–H groups in total. The van der Waals surface area contributed by atoms with Gasteiger partial charge in [0.25, 0.3) is 0 Å². The van der Waals surface area contributed by atoms with E-state index in [0.29, 0.717) is 24.7 Å². The van der Waals surface area contributed by atoms with E-state index in [1.165, 1.54) is 44.2 Å². The minimum absolute atomic E-state index is 0.358. The Morgan fingerprint density at radius 1 is 1.04 bits per heavy atom. The van der Waals surface area contributed by atoms with E-state index < -0.39 is 24.5 Å². The van der Waals surface area contributed by atoms with Gasteiger partial charge in [-0.2, -0.15) is 8.78 Å². The van der Waals surface area contributed by atoms with Crippen LogP contribution in [-0.4, -0.2) is 19.8 Å². The number of ether oxygens (including phenoxy) is 3. The first-order valence-corrected chi connectivity index (χ1v) is 9.48. The van der Waals surface area contributed by atoms with Gasteiger partial charge < -0.3 is 14.2 Å². The summed E-state index contributed by atoms with van der Waals surface area (Å²) in [5.41, 5.74) is 0.476. The molecule has 0 radical (unpaired) electrons. The lowest BCUT2D eigenvalue weighted by Gasteiger charge is -2.32. The van der Waals surface area contributed by atoms with Gasteiger partial charge in [-0.25, -0.2) is 4.39 Å². The Morgan fingerprint density at radius 2 is 1.69 bits per heavy atom. The Kier molecular flexibility index (Phi) is 6.81. The van der Waals surface area contributed by atoms with Crippen molar-refractivity contribution in [3.63, 3.8) is 0 Å². The topological polar surface area (TPSA) is 27.7 Å². The number of alkyl halides is 2. The summed E-state index contributed by atoms with van der Waals surface area (Å²) in [6.07, 6.45) is 6.96. The number of hydrogen-bond donors (Lipinski definition) is 0. The molecule has 0 amide bonds. The van der Waals surface area contributed by atoms with Gasteiger partial charge in [0.05, 0.1) is 13.2 Å². The minimum Gasteiger partial charge on any atom is -0.432 e. The molecule has 26 heavy (non-hydrogen) atoms. The van der Waals surface area contributed by atoms with Crippen molar-refractivity contribution in [1.29, 1.82) is 0 Å². The smallest absolute Gasteiger partial charge is 0.387 e. The molecule has 0 atom stereocenters. The van der Waals surface area contributed by atoms with Crippen LogP contribution in [0.4, 0.5) is 13.2 Å². The van der Waals surface area contributed by atoms with Crippen LogP contribution in [0.25, 0.3) is 0 Å². The maximum absolute atomic E-state index is 13.8. The van der Waals surface area contributed by atoms with Crippen LogP contribution in [-0.2, 0) is 9.47 Å². The fraction of sp³-hybridized carbons (Fsp3) is 0.700. The van der Waals surface area contributed by atoms with E-state index in [2.05, 4.69) is 11.7 Å². The molecule has 6 heteroatoms. The Morgan fingerprint density at radius 3 is 2.31 bits per heavy atom. The van der Waals surface area contributed by atoms with E-state index >= 15 is 0 Å². The van der Waals surface area contributed by atoms with Crippen molar-refractivity contribution in [2.24, 2.45) is 17.8 Å². The van der Waals surface area contributed by atoms with Crippen LogP contribution in [0, 0.1) is 23.6 Å². The first-order valence-electron chi connectivity index (χ1n) is 9.48. The van der Waals surface area contributed by atoms with Crippen molar-refractivity contribution < 1.29 is 27.4 Å². The molecule has 1 aliphatic carbocycles. The maximum atomic E-state index is 13.8. The lowest BCUT2D eigenvalue weighted by molar-refractivity contribution is -0.206. The van der Waals surface area contributed by atoms with Crippen molar-refractivity contribution in [3.8, 4) is 5.75 Å². The van der Waals surface area contributed by atoms with Crippen molar-refractivity contribution in [3.05, 3.63) is 29.6 Å².